The predicted octanol–water partition coefficient (Wildman–Crippen LogP) is 1.69. The molecule has 0 bridgehead atoms. The van der Waals surface area contributed by atoms with E-state index in [4.69, 9.17) is 5.14 Å². The van der Waals surface area contributed by atoms with Crippen molar-refractivity contribution in [3.63, 3.8) is 0 Å². The molecule has 4 nitrogen and oxygen atoms in total. The Hall–Kier alpha value is -1.33. The molecule has 2 aliphatic rings. The van der Waals surface area contributed by atoms with Crippen molar-refractivity contribution < 1.29 is 8.42 Å². The van der Waals surface area contributed by atoms with Crippen molar-refractivity contribution >= 4 is 21.8 Å². The van der Waals surface area contributed by atoms with Crippen molar-refractivity contribution in [3.8, 4) is 0 Å². The van der Waals surface area contributed by atoms with Gasteiger partial charge in [0.1, 0.15) is 0 Å². The number of nitrogens with zero attached hydrogens (tertiary/aromatic N) is 1. The van der Waals surface area contributed by atoms with Crippen LogP contribution in [0.15, 0.2) is 30.3 Å². The molecule has 1 aromatic carbocycles. The Labute approximate surface area is 107 Å². The van der Waals surface area contributed by atoms with E-state index in [1.54, 1.807) is 6.08 Å². The standard InChI is InChI=1S/C13H16N2O2S/c14-18(16,17)13-9-8-10-4-1-2-7-12(10)15(13)11-5-3-6-11/h1-2,4,7-9,11,13H,3,5-6H2,(H2,14,16,17). The molecule has 96 valence electrons. The molecule has 1 aromatic rings. The summed E-state index contributed by atoms with van der Waals surface area (Å²) < 4.78 is 23.5. The Morgan fingerprint density at radius 2 is 1.94 bits per heavy atom. The SMILES string of the molecule is NS(=O)(=O)C1C=Cc2ccccc2N1C1CCC1. The molecule has 1 unspecified atom stereocenters. The number of para-hydroxylation sites is 1. The van der Waals surface area contributed by atoms with E-state index in [9.17, 15) is 8.42 Å². The van der Waals surface area contributed by atoms with Gasteiger partial charge in [0.15, 0.2) is 5.37 Å². The minimum atomic E-state index is -3.60. The van der Waals surface area contributed by atoms with Gasteiger partial charge in [-0.25, -0.2) is 13.6 Å². The van der Waals surface area contributed by atoms with Crippen molar-refractivity contribution in [1.82, 2.24) is 0 Å². The zero-order chi connectivity index (χ0) is 12.8. The summed E-state index contributed by atoms with van der Waals surface area (Å²) in [6.07, 6.45) is 6.77. The first-order valence-electron chi connectivity index (χ1n) is 6.14. The molecule has 3 rings (SSSR count). The van der Waals surface area contributed by atoms with Crippen LogP contribution in [-0.4, -0.2) is 19.8 Å². The maximum atomic E-state index is 11.7. The second-order valence-electron chi connectivity index (χ2n) is 4.89. The first-order chi connectivity index (χ1) is 8.57. The number of benzene rings is 1. The third kappa shape index (κ3) is 1.83. The van der Waals surface area contributed by atoms with E-state index in [2.05, 4.69) is 0 Å². The highest BCUT2D eigenvalue weighted by Crippen LogP contribution is 2.37. The highest BCUT2D eigenvalue weighted by atomic mass is 32.2. The summed E-state index contributed by atoms with van der Waals surface area (Å²) in [6, 6.07) is 8.15. The van der Waals surface area contributed by atoms with Crippen LogP contribution in [0.5, 0.6) is 0 Å². The van der Waals surface area contributed by atoms with Crippen LogP contribution in [0, 0.1) is 0 Å². The van der Waals surface area contributed by atoms with Gasteiger partial charge in [-0.1, -0.05) is 24.3 Å². The number of hydrogen-bond donors (Lipinski definition) is 1. The topological polar surface area (TPSA) is 63.4 Å². The minimum Gasteiger partial charge on any atom is -0.347 e. The van der Waals surface area contributed by atoms with Crippen LogP contribution in [0.3, 0.4) is 0 Å². The van der Waals surface area contributed by atoms with Gasteiger partial charge in [-0.2, -0.15) is 0 Å². The molecule has 5 heteroatoms. The molecule has 0 amide bonds. The van der Waals surface area contributed by atoms with Gasteiger partial charge in [-0.15, -0.1) is 0 Å². The summed E-state index contributed by atoms with van der Waals surface area (Å²) in [5.74, 6) is 0. The fraction of sp³-hybridized carbons (Fsp3) is 0.385. The van der Waals surface area contributed by atoms with E-state index in [1.165, 1.54) is 0 Å². The maximum Gasteiger partial charge on any atom is 0.234 e. The van der Waals surface area contributed by atoms with Crippen molar-refractivity contribution in [3.05, 3.63) is 35.9 Å². The third-order valence-electron chi connectivity index (χ3n) is 3.73. The molecule has 0 saturated heterocycles. The second-order valence-corrected chi connectivity index (χ2v) is 6.55. The Kier molecular flexibility index (Phi) is 2.68. The van der Waals surface area contributed by atoms with Crippen LogP contribution in [-0.2, 0) is 10.0 Å². The number of sulfonamides is 1. The highest BCUT2D eigenvalue weighted by Gasteiger charge is 2.37. The Bertz CT molecular complexity index is 591. The average Bonchev–Trinajstić information content (AvgIpc) is 2.25. The van der Waals surface area contributed by atoms with Crippen LogP contribution in [0.1, 0.15) is 24.8 Å². The van der Waals surface area contributed by atoms with Crippen molar-refractivity contribution in [2.45, 2.75) is 30.7 Å². The van der Waals surface area contributed by atoms with E-state index in [-0.39, 0.29) is 0 Å². The zero-order valence-electron chi connectivity index (χ0n) is 9.99. The molecule has 18 heavy (non-hydrogen) atoms. The van der Waals surface area contributed by atoms with E-state index in [0.717, 1.165) is 30.5 Å². The lowest BCUT2D eigenvalue weighted by Crippen LogP contribution is -2.52. The molecule has 1 fully saturated rings. The number of fused-ring (bicyclic) bond motifs is 1. The van der Waals surface area contributed by atoms with E-state index in [0.29, 0.717) is 6.04 Å². The average molecular weight is 264 g/mol. The van der Waals surface area contributed by atoms with Crippen LogP contribution in [0.25, 0.3) is 6.08 Å². The number of primary sulfonamides is 1. The molecule has 2 N–H and O–H groups in total. The van der Waals surface area contributed by atoms with Crippen LogP contribution in [0.4, 0.5) is 5.69 Å². The third-order valence-corrected chi connectivity index (χ3v) is 4.79. The predicted molar refractivity (Wildman–Crippen MR) is 72.5 cm³/mol. The summed E-state index contributed by atoms with van der Waals surface area (Å²) in [4.78, 5) is 1.97. The Morgan fingerprint density at radius 1 is 1.22 bits per heavy atom. The van der Waals surface area contributed by atoms with Gasteiger partial charge < -0.3 is 4.90 Å². The molecule has 0 radical (unpaired) electrons. The lowest BCUT2D eigenvalue weighted by Gasteiger charge is -2.44. The first-order valence-corrected chi connectivity index (χ1v) is 7.75. The van der Waals surface area contributed by atoms with Gasteiger partial charge in [0.05, 0.1) is 0 Å². The summed E-state index contributed by atoms with van der Waals surface area (Å²) in [5.41, 5.74) is 2.04. The van der Waals surface area contributed by atoms with Crippen molar-refractivity contribution in [2.24, 2.45) is 5.14 Å². The second kappa shape index (κ2) is 4.10. The van der Waals surface area contributed by atoms with Crippen LogP contribution in [0.2, 0.25) is 0 Å². The molecule has 1 atom stereocenters. The van der Waals surface area contributed by atoms with Gasteiger partial charge >= 0.3 is 0 Å². The van der Waals surface area contributed by atoms with Gasteiger partial charge in [-0.3, -0.25) is 0 Å². The normalized spacial score (nSPS) is 23.6. The fourth-order valence-corrected chi connectivity index (χ4v) is 3.52. The monoisotopic (exact) mass is 264 g/mol. The molecule has 1 aliphatic heterocycles. The van der Waals surface area contributed by atoms with Gasteiger partial charge in [0, 0.05) is 11.7 Å². The molecule has 1 saturated carbocycles. The van der Waals surface area contributed by atoms with Crippen molar-refractivity contribution in [1.29, 1.82) is 0 Å². The fourth-order valence-electron chi connectivity index (χ4n) is 2.62. The largest absolute Gasteiger partial charge is 0.347 e. The molecule has 0 aromatic heterocycles. The minimum absolute atomic E-state index is 0.291. The Morgan fingerprint density at radius 3 is 2.56 bits per heavy atom. The zero-order valence-corrected chi connectivity index (χ0v) is 10.8. The highest BCUT2D eigenvalue weighted by molar-refractivity contribution is 7.90. The van der Waals surface area contributed by atoms with Gasteiger partial charge in [0.25, 0.3) is 0 Å². The number of nitrogens with two attached hydrogens (primary N) is 1. The summed E-state index contributed by atoms with van der Waals surface area (Å²) in [6.45, 7) is 0. The summed E-state index contributed by atoms with van der Waals surface area (Å²) >= 11 is 0. The molecular weight excluding hydrogens is 248 g/mol. The molecule has 0 spiro atoms. The molecule has 1 aliphatic carbocycles. The molecular formula is C13H16N2O2S. The number of anilines is 1. The first kappa shape index (κ1) is 11.7. The van der Waals surface area contributed by atoms with Crippen LogP contribution < -0.4 is 10.0 Å². The van der Waals surface area contributed by atoms with Gasteiger partial charge in [0.2, 0.25) is 10.0 Å². The molecule has 1 heterocycles. The van der Waals surface area contributed by atoms with E-state index >= 15 is 0 Å². The van der Waals surface area contributed by atoms with E-state index in [1.807, 2.05) is 35.2 Å². The quantitative estimate of drug-likeness (QED) is 0.884. The lowest BCUT2D eigenvalue weighted by atomic mass is 9.89. The van der Waals surface area contributed by atoms with E-state index < -0.39 is 15.4 Å². The summed E-state index contributed by atoms with van der Waals surface area (Å²) in [5, 5.41) is 4.63. The Balaban J connectivity index is 2.09. The maximum absolute atomic E-state index is 11.7. The number of hydrogen-bond acceptors (Lipinski definition) is 3. The number of rotatable bonds is 2. The van der Waals surface area contributed by atoms with Gasteiger partial charge in [-0.05, 0) is 37.0 Å². The summed E-state index contributed by atoms with van der Waals surface area (Å²) in [7, 11) is -3.60. The van der Waals surface area contributed by atoms with Crippen molar-refractivity contribution in [2.75, 3.05) is 4.90 Å². The smallest absolute Gasteiger partial charge is 0.234 e. The van der Waals surface area contributed by atoms with Crippen LogP contribution >= 0.6 is 0 Å². The lowest BCUT2D eigenvalue weighted by molar-refractivity contribution is 0.385.